The minimum Gasteiger partial charge on any atom is -0.503 e. The van der Waals surface area contributed by atoms with Crippen LogP contribution in [0.3, 0.4) is 0 Å². The first-order valence-corrected chi connectivity index (χ1v) is 6.29. The van der Waals surface area contributed by atoms with E-state index in [1.54, 1.807) is 18.9 Å². The molecule has 0 radical (unpaired) electrons. The van der Waals surface area contributed by atoms with Crippen molar-refractivity contribution in [3.8, 4) is 11.5 Å². The Morgan fingerprint density at radius 3 is 2.64 bits per heavy atom. The van der Waals surface area contributed by atoms with E-state index in [1.807, 2.05) is 12.3 Å². The summed E-state index contributed by atoms with van der Waals surface area (Å²) in [6.45, 7) is 2.08. The van der Waals surface area contributed by atoms with Gasteiger partial charge in [0.2, 0.25) is 0 Å². The number of ether oxygens (including phenoxy) is 1. The van der Waals surface area contributed by atoms with Crippen LogP contribution in [0, 0.1) is 0 Å². The number of phenols is 1. The molecule has 0 aliphatic heterocycles. The number of rotatable bonds is 3. The second kappa shape index (κ2) is 4.94. The summed E-state index contributed by atoms with van der Waals surface area (Å²) in [5.74, 6) is 0.695. The fourth-order valence-electron chi connectivity index (χ4n) is 1.29. The van der Waals surface area contributed by atoms with Crippen molar-refractivity contribution in [3.63, 3.8) is 0 Å². The molecule has 78 valence electrons. The van der Waals surface area contributed by atoms with Crippen molar-refractivity contribution < 1.29 is 9.84 Å². The van der Waals surface area contributed by atoms with Crippen molar-refractivity contribution in [1.29, 1.82) is 0 Å². The van der Waals surface area contributed by atoms with Crippen LogP contribution in [0.2, 0.25) is 0 Å². The molecule has 1 rings (SSSR count). The van der Waals surface area contributed by atoms with E-state index < -0.39 is 0 Å². The molecule has 0 spiro atoms. The van der Waals surface area contributed by atoms with Gasteiger partial charge in [-0.3, -0.25) is 0 Å². The van der Waals surface area contributed by atoms with E-state index in [4.69, 9.17) is 4.74 Å². The summed E-state index contributed by atoms with van der Waals surface area (Å²) in [7, 11) is 1.56. The van der Waals surface area contributed by atoms with Gasteiger partial charge in [0, 0.05) is 4.90 Å². The Labute approximate surface area is 96.8 Å². The highest BCUT2D eigenvalue weighted by molar-refractivity contribution is 9.10. The average molecular weight is 277 g/mol. The summed E-state index contributed by atoms with van der Waals surface area (Å²) in [6, 6.07) is 1.88. The van der Waals surface area contributed by atoms with E-state index in [2.05, 4.69) is 22.9 Å². The van der Waals surface area contributed by atoms with Crippen molar-refractivity contribution in [2.24, 2.45) is 0 Å². The van der Waals surface area contributed by atoms with Gasteiger partial charge in [-0.1, -0.05) is 6.92 Å². The molecular formula is C10H13BrO2S. The minimum absolute atomic E-state index is 0.175. The Morgan fingerprint density at radius 2 is 2.21 bits per heavy atom. The molecule has 1 aromatic carbocycles. The van der Waals surface area contributed by atoms with Gasteiger partial charge >= 0.3 is 0 Å². The lowest BCUT2D eigenvalue weighted by molar-refractivity contribution is 0.370. The molecule has 1 N–H and O–H groups in total. The topological polar surface area (TPSA) is 29.5 Å². The maximum atomic E-state index is 9.74. The molecule has 4 heteroatoms. The van der Waals surface area contributed by atoms with Gasteiger partial charge in [-0.25, -0.2) is 0 Å². The third kappa shape index (κ3) is 2.01. The highest BCUT2D eigenvalue weighted by atomic mass is 79.9. The summed E-state index contributed by atoms with van der Waals surface area (Å²) >= 11 is 4.99. The van der Waals surface area contributed by atoms with Gasteiger partial charge in [0.05, 0.1) is 11.6 Å². The molecule has 0 bridgehead atoms. The first kappa shape index (κ1) is 11.7. The minimum atomic E-state index is 0.175. The molecule has 0 unspecified atom stereocenters. The molecular weight excluding hydrogens is 264 g/mol. The van der Waals surface area contributed by atoms with Crippen molar-refractivity contribution in [2.75, 3.05) is 13.4 Å². The Balaban J connectivity index is 3.38. The van der Waals surface area contributed by atoms with Gasteiger partial charge < -0.3 is 9.84 Å². The molecule has 0 fully saturated rings. The smallest absolute Gasteiger partial charge is 0.173 e. The first-order chi connectivity index (χ1) is 6.65. The van der Waals surface area contributed by atoms with Crippen molar-refractivity contribution in [1.82, 2.24) is 0 Å². The monoisotopic (exact) mass is 276 g/mol. The second-order valence-corrected chi connectivity index (χ2v) is 4.40. The number of hydrogen-bond donors (Lipinski definition) is 1. The molecule has 0 amide bonds. The zero-order valence-corrected chi connectivity index (χ0v) is 10.8. The Bertz CT molecular complexity index is 339. The number of thioether (sulfide) groups is 1. The van der Waals surface area contributed by atoms with Gasteiger partial charge in [-0.15, -0.1) is 11.8 Å². The number of benzene rings is 1. The van der Waals surface area contributed by atoms with Crippen LogP contribution >= 0.6 is 27.7 Å². The van der Waals surface area contributed by atoms with Crippen LogP contribution in [0.1, 0.15) is 12.5 Å². The molecule has 0 aliphatic rings. The molecule has 0 aromatic heterocycles. The lowest BCUT2D eigenvalue weighted by Crippen LogP contribution is -1.92. The van der Waals surface area contributed by atoms with Gasteiger partial charge in [0.15, 0.2) is 11.5 Å². The number of phenolic OH excluding ortho intramolecular Hbond substituents is 1. The standard InChI is InChI=1S/C10H13BrO2S/c1-4-6-5-7(13-2)9(12)8(11)10(6)14-3/h5,12H,4H2,1-3H3. The molecule has 1 aromatic rings. The molecule has 2 nitrogen and oxygen atoms in total. The summed E-state index contributed by atoms with van der Waals surface area (Å²) in [5.41, 5.74) is 1.18. The molecule has 14 heavy (non-hydrogen) atoms. The fourth-order valence-corrected chi connectivity index (χ4v) is 2.96. The summed E-state index contributed by atoms with van der Waals surface area (Å²) in [6.07, 6.45) is 2.91. The van der Waals surface area contributed by atoms with E-state index in [1.165, 1.54) is 5.56 Å². The molecule has 0 saturated carbocycles. The fraction of sp³-hybridized carbons (Fsp3) is 0.400. The first-order valence-electron chi connectivity index (χ1n) is 4.28. The normalized spacial score (nSPS) is 10.3. The van der Waals surface area contributed by atoms with E-state index >= 15 is 0 Å². The number of halogens is 1. The van der Waals surface area contributed by atoms with Gasteiger partial charge in [0.1, 0.15) is 0 Å². The highest BCUT2D eigenvalue weighted by Gasteiger charge is 2.14. The average Bonchev–Trinajstić information content (AvgIpc) is 2.21. The predicted octanol–water partition coefficient (Wildman–Crippen LogP) is 3.45. The largest absolute Gasteiger partial charge is 0.503 e. The Kier molecular flexibility index (Phi) is 4.13. The van der Waals surface area contributed by atoms with E-state index in [9.17, 15) is 5.11 Å². The van der Waals surface area contributed by atoms with Crippen LogP contribution in [0.15, 0.2) is 15.4 Å². The van der Waals surface area contributed by atoms with Crippen molar-refractivity contribution in [2.45, 2.75) is 18.2 Å². The van der Waals surface area contributed by atoms with Gasteiger partial charge in [-0.2, -0.15) is 0 Å². The van der Waals surface area contributed by atoms with Crippen molar-refractivity contribution >= 4 is 27.7 Å². The quantitative estimate of drug-likeness (QED) is 0.858. The Morgan fingerprint density at radius 1 is 1.57 bits per heavy atom. The van der Waals surface area contributed by atoms with E-state index in [0.717, 1.165) is 15.8 Å². The zero-order chi connectivity index (χ0) is 10.7. The lowest BCUT2D eigenvalue weighted by atomic mass is 10.1. The number of methoxy groups -OCH3 is 1. The predicted molar refractivity (Wildman–Crippen MR) is 63.5 cm³/mol. The molecule has 0 heterocycles. The third-order valence-corrected chi connectivity index (χ3v) is 3.95. The van der Waals surface area contributed by atoms with Crippen LogP contribution in [0.5, 0.6) is 11.5 Å². The zero-order valence-electron chi connectivity index (χ0n) is 8.43. The Hall–Kier alpha value is -0.350. The maximum Gasteiger partial charge on any atom is 0.173 e. The van der Waals surface area contributed by atoms with Crippen molar-refractivity contribution in [3.05, 3.63) is 16.1 Å². The second-order valence-electron chi connectivity index (χ2n) is 2.79. The number of hydrogen-bond acceptors (Lipinski definition) is 3. The number of aromatic hydroxyl groups is 1. The maximum absolute atomic E-state index is 9.74. The van der Waals surface area contributed by atoms with Crippen LogP contribution < -0.4 is 4.74 Å². The molecule has 0 atom stereocenters. The van der Waals surface area contributed by atoms with Gasteiger partial charge in [-0.05, 0) is 40.2 Å². The highest BCUT2D eigenvalue weighted by Crippen LogP contribution is 2.42. The van der Waals surface area contributed by atoms with Crippen LogP contribution in [0.25, 0.3) is 0 Å². The SMILES string of the molecule is CCc1cc(OC)c(O)c(Br)c1SC. The molecule has 0 aliphatic carbocycles. The van der Waals surface area contributed by atoms with E-state index in [-0.39, 0.29) is 5.75 Å². The van der Waals surface area contributed by atoms with Crippen LogP contribution in [0.4, 0.5) is 0 Å². The third-order valence-electron chi connectivity index (χ3n) is 2.04. The summed E-state index contributed by atoms with van der Waals surface area (Å²) in [4.78, 5) is 1.07. The summed E-state index contributed by atoms with van der Waals surface area (Å²) < 4.78 is 5.80. The summed E-state index contributed by atoms with van der Waals surface area (Å²) in [5, 5.41) is 9.74. The van der Waals surface area contributed by atoms with Gasteiger partial charge in [0.25, 0.3) is 0 Å². The van der Waals surface area contributed by atoms with E-state index in [0.29, 0.717) is 5.75 Å². The van der Waals surface area contributed by atoms with Crippen LogP contribution in [-0.4, -0.2) is 18.5 Å². The molecule has 0 saturated heterocycles. The number of aryl methyl sites for hydroxylation is 1. The lowest BCUT2D eigenvalue weighted by Gasteiger charge is -2.12. The van der Waals surface area contributed by atoms with Crippen LogP contribution in [-0.2, 0) is 6.42 Å².